The molecule has 188 valence electrons. The summed E-state index contributed by atoms with van der Waals surface area (Å²) in [6.45, 7) is 1.45. The monoisotopic (exact) mass is 499 g/mol. The van der Waals surface area contributed by atoms with E-state index in [0.717, 1.165) is 6.07 Å². The molecule has 1 atom stereocenters. The predicted molar refractivity (Wildman–Crippen MR) is 127 cm³/mol. The van der Waals surface area contributed by atoms with Crippen LogP contribution in [0.25, 0.3) is 0 Å². The van der Waals surface area contributed by atoms with Crippen LogP contribution < -0.4 is 21.1 Å². The highest BCUT2D eigenvalue weighted by molar-refractivity contribution is 6.04. The lowest BCUT2D eigenvalue weighted by Gasteiger charge is -2.19. The Hall–Kier alpha value is -4.41. The number of anilines is 1. The van der Waals surface area contributed by atoms with Gasteiger partial charge >= 0.3 is 6.18 Å². The quantitative estimate of drug-likeness (QED) is 0.199. The van der Waals surface area contributed by atoms with Crippen molar-refractivity contribution in [3.63, 3.8) is 0 Å². The fourth-order valence-electron chi connectivity index (χ4n) is 3.26. The third-order valence-corrected chi connectivity index (χ3v) is 5.13. The summed E-state index contributed by atoms with van der Waals surface area (Å²) in [5.41, 5.74) is 6.15. The number of hydrogen-bond donors (Lipinski definition) is 4. The molecule has 0 fully saturated rings. The number of alkyl halides is 3. The van der Waals surface area contributed by atoms with Crippen LogP contribution in [0.2, 0.25) is 0 Å². The topological polar surface area (TPSA) is 130 Å². The van der Waals surface area contributed by atoms with Gasteiger partial charge in [-0.2, -0.15) is 13.2 Å². The van der Waals surface area contributed by atoms with E-state index in [2.05, 4.69) is 15.6 Å². The Morgan fingerprint density at radius 2 is 1.72 bits per heavy atom. The molecule has 11 heteroatoms. The van der Waals surface area contributed by atoms with E-state index in [9.17, 15) is 22.8 Å². The summed E-state index contributed by atoms with van der Waals surface area (Å²) in [5, 5.41) is 12.4. The molecule has 0 saturated carbocycles. The molecule has 1 heterocycles. The van der Waals surface area contributed by atoms with Crippen LogP contribution in [0.15, 0.2) is 67.0 Å². The first kappa shape index (κ1) is 26.2. The summed E-state index contributed by atoms with van der Waals surface area (Å²) in [4.78, 5) is 28.3. The molecule has 0 spiro atoms. The molecule has 5 N–H and O–H groups in total. The maximum Gasteiger partial charge on any atom is 0.419 e. The molecule has 2 amide bonds. The number of amides is 2. The van der Waals surface area contributed by atoms with Gasteiger partial charge in [0.25, 0.3) is 0 Å². The molecule has 3 rings (SSSR count). The normalized spacial score (nSPS) is 11.9. The Morgan fingerprint density at radius 3 is 2.33 bits per heavy atom. The van der Waals surface area contributed by atoms with Gasteiger partial charge in [0.1, 0.15) is 24.6 Å². The standard InChI is InChI=1S/C25H24F3N5O3/c1-15(32-22(34)13-23(35)33-19-5-2-17(3-6-19)24(29)30)18-4-7-21(20(12-18)25(26,27)28)36-14-16-8-10-31-11-9-16/h2-12,15H,13-14H2,1H3,(H3,29,30)(H,32,34)(H,33,35). The van der Waals surface area contributed by atoms with Crippen LogP contribution in [0, 0.1) is 5.41 Å². The van der Waals surface area contributed by atoms with E-state index >= 15 is 0 Å². The number of carbonyl (C=O) groups excluding carboxylic acids is 2. The Bertz CT molecular complexity index is 1230. The van der Waals surface area contributed by atoms with Crippen molar-refractivity contribution in [1.29, 1.82) is 5.41 Å². The van der Waals surface area contributed by atoms with Gasteiger partial charge in [-0.3, -0.25) is 20.0 Å². The first-order valence-electron chi connectivity index (χ1n) is 10.8. The lowest BCUT2D eigenvalue weighted by Crippen LogP contribution is -2.30. The first-order valence-corrected chi connectivity index (χ1v) is 10.8. The van der Waals surface area contributed by atoms with Gasteiger partial charge in [-0.25, -0.2) is 0 Å². The summed E-state index contributed by atoms with van der Waals surface area (Å²) >= 11 is 0. The van der Waals surface area contributed by atoms with Crippen molar-refractivity contribution in [3.05, 3.63) is 89.2 Å². The molecule has 2 aromatic carbocycles. The summed E-state index contributed by atoms with van der Waals surface area (Å²) in [5.74, 6) is -1.72. The van der Waals surface area contributed by atoms with Crippen LogP contribution in [0.1, 0.15) is 41.6 Å². The highest BCUT2D eigenvalue weighted by Gasteiger charge is 2.35. The van der Waals surface area contributed by atoms with E-state index in [4.69, 9.17) is 15.9 Å². The van der Waals surface area contributed by atoms with Gasteiger partial charge in [-0.1, -0.05) is 6.07 Å². The van der Waals surface area contributed by atoms with E-state index in [0.29, 0.717) is 16.8 Å². The molecule has 1 unspecified atom stereocenters. The molecule has 0 bridgehead atoms. The van der Waals surface area contributed by atoms with Gasteiger partial charge in [0.05, 0.1) is 11.6 Å². The van der Waals surface area contributed by atoms with Crippen LogP contribution in [0.4, 0.5) is 18.9 Å². The Morgan fingerprint density at radius 1 is 1.06 bits per heavy atom. The third-order valence-electron chi connectivity index (χ3n) is 5.13. The van der Waals surface area contributed by atoms with Gasteiger partial charge < -0.3 is 21.1 Å². The van der Waals surface area contributed by atoms with Crippen LogP contribution in [0.5, 0.6) is 5.75 Å². The molecule has 8 nitrogen and oxygen atoms in total. The number of pyridine rings is 1. The zero-order valence-electron chi connectivity index (χ0n) is 19.2. The summed E-state index contributed by atoms with van der Waals surface area (Å²) in [6, 6.07) is 12.2. The van der Waals surface area contributed by atoms with E-state index in [1.165, 1.54) is 43.6 Å². The van der Waals surface area contributed by atoms with Crippen molar-refractivity contribution < 1.29 is 27.5 Å². The number of nitrogens with zero attached hydrogens (tertiary/aromatic N) is 1. The number of ether oxygens (including phenoxy) is 1. The summed E-state index contributed by atoms with van der Waals surface area (Å²) < 4.78 is 46.4. The molecular weight excluding hydrogens is 475 g/mol. The fraction of sp³-hybridized carbons (Fsp3) is 0.200. The van der Waals surface area contributed by atoms with Crippen molar-refractivity contribution >= 4 is 23.3 Å². The number of carbonyl (C=O) groups is 2. The van der Waals surface area contributed by atoms with Crippen LogP contribution in [0.3, 0.4) is 0 Å². The van der Waals surface area contributed by atoms with Crippen molar-refractivity contribution in [3.8, 4) is 5.75 Å². The molecule has 0 aliphatic rings. The lowest BCUT2D eigenvalue weighted by atomic mass is 10.0. The zero-order chi connectivity index (χ0) is 26.3. The van der Waals surface area contributed by atoms with E-state index in [1.54, 1.807) is 24.3 Å². The zero-order valence-corrected chi connectivity index (χ0v) is 19.2. The highest BCUT2D eigenvalue weighted by atomic mass is 19.4. The molecular formula is C25H24F3N5O3. The van der Waals surface area contributed by atoms with Crippen molar-refractivity contribution in [2.24, 2.45) is 5.73 Å². The molecule has 1 aromatic heterocycles. The van der Waals surface area contributed by atoms with E-state index in [-0.39, 0.29) is 23.8 Å². The minimum Gasteiger partial charge on any atom is -0.488 e. The second-order valence-corrected chi connectivity index (χ2v) is 7.90. The fourth-order valence-corrected chi connectivity index (χ4v) is 3.26. The average molecular weight is 499 g/mol. The molecule has 0 saturated heterocycles. The first-order chi connectivity index (χ1) is 17.0. The molecule has 36 heavy (non-hydrogen) atoms. The number of nitrogens with one attached hydrogen (secondary N) is 3. The molecule has 0 radical (unpaired) electrons. The Kier molecular flexibility index (Phi) is 8.26. The lowest BCUT2D eigenvalue weighted by molar-refractivity contribution is -0.139. The second kappa shape index (κ2) is 11.3. The Labute approximate surface area is 205 Å². The number of benzene rings is 2. The number of hydrogen-bond acceptors (Lipinski definition) is 5. The largest absolute Gasteiger partial charge is 0.488 e. The van der Waals surface area contributed by atoms with Crippen molar-refractivity contribution in [2.45, 2.75) is 32.2 Å². The van der Waals surface area contributed by atoms with Gasteiger partial charge in [-0.05, 0) is 66.6 Å². The van der Waals surface area contributed by atoms with Gasteiger partial charge in [-0.15, -0.1) is 0 Å². The number of aromatic nitrogens is 1. The number of nitrogens with two attached hydrogens (primary N) is 1. The molecule has 0 aliphatic carbocycles. The van der Waals surface area contributed by atoms with E-state index in [1.807, 2.05) is 0 Å². The third kappa shape index (κ3) is 7.29. The van der Waals surface area contributed by atoms with Gasteiger partial charge in [0.15, 0.2) is 0 Å². The minimum absolute atomic E-state index is 0.0656. The van der Waals surface area contributed by atoms with Gasteiger partial charge in [0.2, 0.25) is 11.8 Å². The number of halogens is 3. The number of nitrogen functional groups attached to an aromatic ring is 1. The predicted octanol–water partition coefficient (Wildman–Crippen LogP) is 4.17. The average Bonchev–Trinajstić information content (AvgIpc) is 2.82. The molecule has 3 aromatic rings. The SMILES string of the molecule is CC(NC(=O)CC(=O)Nc1ccc(C(=N)N)cc1)c1ccc(OCc2ccncc2)c(C(F)(F)F)c1. The summed E-state index contributed by atoms with van der Waals surface area (Å²) in [6.07, 6.45) is -2.17. The van der Waals surface area contributed by atoms with Crippen molar-refractivity contribution in [2.75, 3.05) is 5.32 Å². The minimum atomic E-state index is -4.68. The smallest absolute Gasteiger partial charge is 0.419 e. The second-order valence-electron chi connectivity index (χ2n) is 7.90. The van der Waals surface area contributed by atoms with E-state index < -0.39 is 36.0 Å². The molecule has 0 aliphatic heterocycles. The van der Waals surface area contributed by atoms with Crippen LogP contribution in [-0.2, 0) is 22.4 Å². The van der Waals surface area contributed by atoms with Crippen LogP contribution in [-0.4, -0.2) is 22.6 Å². The van der Waals surface area contributed by atoms with Crippen LogP contribution >= 0.6 is 0 Å². The van der Waals surface area contributed by atoms with Crippen molar-refractivity contribution in [1.82, 2.24) is 10.3 Å². The number of amidine groups is 1. The highest BCUT2D eigenvalue weighted by Crippen LogP contribution is 2.38. The maximum atomic E-state index is 13.7. The summed E-state index contributed by atoms with van der Waals surface area (Å²) in [7, 11) is 0. The maximum absolute atomic E-state index is 13.7. The number of rotatable bonds is 9. The Balaban J connectivity index is 1.62. The van der Waals surface area contributed by atoms with Gasteiger partial charge in [0, 0.05) is 23.6 Å².